The fraction of sp³-hybridized carbons (Fsp3) is 0.0435. The Balaban J connectivity index is 1.54. The molecule has 3 amide bonds. The van der Waals surface area contributed by atoms with Crippen LogP contribution in [0.2, 0.25) is 5.02 Å². The lowest BCUT2D eigenvalue weighted by Gasteiger charge is -2.11. The van der Waals surface area contributed by atoms with Crippen molar-refractivity contribution in [1.82, 2.24) is 5.32 Å². The number of hydrogen-bond donors (Lipinski definition) is 1. The first-order valence-corrected chi connectivity index (χ1v) is 10.2. The minimum atomic E-state index is -4.74. The predicted octanol–water partition coefficient (Wildman–Crippen LogP) is 6.16. The normalized spacial score (nSPS) is 14.9. The van der Waals surface area contributed by atoms with Gasteiger partial charge in [0.05, 0.1) is 16.2 Å². The van der Waals surface area contributed by atoms with E-state index in [4.69, 9.17) is 16.3 Å². The van der Waals surface area contributed by atoms with Gasteiger partial charge in [-0.3, -0.25) is 14.9 Å². The minimum Gasteiger partial charge on any atom is -0.450 e. The molecule has 8 nitrogen and oxygen atoms in total. The molecule has 3 aromatic rings. The van der Waals surface area contributed by atoms with E-state index in [0.717, 1.165) is 11.0 Å². The highest BCUT2D eigenvalue weighted by Crippen LogP contribution is 2.38. The van der Waals surface area contributed by atoms with E-state index >= 15 is 0 Å². The summed E-state index contributed by atoms with van der Waals surface area (Å²) < 4.78 is 44.0. The Morgan fingerprint density at radius 3 is 2.37 bits per heavy atom. The molecule has 178 valence electrons. The number of hydrogen-bond acceptors (Lipinski definition) is 5. The van der Waals surface area contributed by atoms with Crippen LogP contribution in [0.25, 0.3) is 6.08 Å². The average Bonchev–Trinajstić information content (AvgIpc) is 3.07. The van der Waals surface area contributed by atoms with Crippen molar-refractivity contribution in [3.05, 3.63) is 98.7 Å². The van der Waals surface area contributed by atoms with E-state index in [1.807, 2.05) is 0 Å². The zero-order chi connectivity index (χ0) is 25.3. The molecule has 0 aromatic heterocycles. The van der Waals surface area contributed by atoms with Crippen molar-refractivity contribution in [3.63, 3.8) is 0 Å². The fourth-order valence-electron chi connectivity index (χ4n) is 3.23. The number of carbonyl (C=O) groups is 2. The first-order valence-electron chi connectivity index (χ1n) is 9.79. The van der Waals surface area contributed by atoms with E-state index in [1.54, 1.807) is 18.2 Å². The first-order chi connectivity index (χ1) is 16.5. The number of nitro groups is 1. The maximum atomic E-state index is 12.9. The Morgan fingerprint density at radius 2 is 1.74 bits per heavy atom. The second-order valence-corrected chi connectivity index (χ2v) is 7.65. The van der Waals surface area contributed by atoms with Crippen LogP contribution in [0.4, 0.5) is 29.3 Å². The Morgan fingerprint density at radius 1 is 1.03 bits per heavy atom. The van der Waals surface area contributed by atoms with Crippen LogP contribution < -0.4 is 15.0 Å². The van der Waals surface area contributed by atoms with E-state index in [0.29, 0.717) is 28.4 Å². The molecule has 1 heterocycles. The number of anilines is 1. The third kappa shape index (κ3) is 5.09. The third-order valence-electron chi connectivity index (χ3n) is 4.85. The van der Waals surface area contributed by atoms with Gasteiger partial charge in [-0.15, -0.1) is 0 Å². The summed E-state index contributed by atoms with van der Waals surface area (Å²) in [4.78, 5) is 36.2. The SMILES string of the molecule is O=C1N/C(=C/c2ccc(Oc3ccc(C(F)(F)F)cc3[N+](=O)[O-])cc2)C(=O)N1c1cccc(Cl)c1. The van der Waals surface area contributed by atoms with Crippen molar-refractivity contribution in [3.8, 4) is 11.5 Å². The smallest absolute Gasteiger partial charge is 0.416 e. The van der Waals surface area contributed by atoms with E-state index < -0.39 is 34.3 Å². The number of carbonyl (C=O) groups excluding carboxylic acids is 2. The zero-order valence-electron chi connectivity index (χ0n) is 17.4. The summed E-state index contributed by atoms with van der Waals surface area (Å²) in [6.45, 7) is 0. The quantitative estimate of drug-likeness (QED) is 0.194. The summed E-state index contributed by atoms with van der Waals surface area (Å²) in [5, 5.41) is 14.0. The number of benzene rings is 3. The first kappa shape index (κ1) is 23.8. The molecule has 0 radical (unpaired) electrons. The second-order valence-electron chi connectivity index (χ2n) is 7.22. The number of nitro benzene ring substituents is 1. The molecule has 1 saturated heterocycles. The Bertz CT molecular complexity index is 1370. The third-order valence-corrected chi connectivity index (χ3v) is 5.08. The number of urea groups is 1. The summed E-state index contributed by atoms with van der Waals surface area (Å²) in [5.41, 5.74) is -1.23. The molecule has 3 aromatic carbocycles. The van der Waals surface area contributed by atoms with Gasteiger partial charge in [-0.25, -0.2) is 9.69 Å². The molecule has 0 spiro atoms. The second kappa shape index (κ2) is 9.11. The molecule has 1 aliphatic rings. The summed E-state index contributed by atoms with van der Waals surface area (Å²) in [5.74, 6) is -0.861. The van der Waals surface area contributed by atoms with Crippen LogP contribution in [-0.2, 0) is 11.0 Å². The molecule has 4 rings (SSSR count). The Kier molecular flexibility index (Phi) is 6.18. The Labute approximate surface area is 200 Å². The standard InChI is InChI=1S/C23H13ClF3N3O5/c24-15-2-1-3-16(12-15)29-21(31)18(28-22(29)32)10-13-4-7-17(8-5-13)35-20-9-6-14(23(25,26)27)11-19(20)30(33)34/h1-12H,(H,28,32)/b18-10+. The van der Waals surface area contributed by atoms with Crippen LogP contribution in [0.5, 0.6) is 11.5 Å². The van der Waals surface area contributed by atoms with Crippen LogP contribution in [0.1, 0.15) is 11.1 Å². The number of nitrogens with one attached hydrogen (secondary N) is 1. The van der Waals surface area contributed by atoms with Crippen LogP contribution >= 0.6 is 11.6 Å². The lowest BCUT2D eigenvalue weighted by Crippen LogP contribution is -2.30. The predicted molar refractivity (Wildman–Crippen MR) is 120 cm³/mol. The Hall–Kier alpha value is -4.38. The molecule has 0 atom stereocenters. The summed E-state index contributed by atoms with van der Waals surface area (Å²) in [7, 11) is 0. The highest BCUT2D eigenvalue weighted by Gasteiger charge is 2.35. The van der Waals surface area contributed by atoms with E-state index in [-0.39, 0.29) is 17.2 Å². The lowest BCUT2D eigenvalue weighted by atomic mass is 10.1. The molecule has 1 aliphatic heterocycles. The molecule has 0 bridgehead atoms. The van der Waals surface area contributed by atoms with Crippen molar-refractivity contribution in [2.75, 3.05) is 4.90 Å². The number of nitrogens with zero attached hydrogens (tertiary/aromatic N) is 2. The molecule has 1 fully saturated rings. The largest absolute Gasteiger partial charge is 0.450 e. The molecule has 35 heavy (non-hydrogen) atoms. The van der Waals surface area contributed by atoms with Gasteiger partial charge in [-0.1, -0.05) is 29.8 Å². The van der Waals surface area contributed by atoms with Gasteiger partial charge in [0.1, 0.15) is 11.4 Å². The van der Waals surface area contributed by atoms with Gasteiger partial charge in [0.15, 0.2) is 0 Å². The van der Waals surface area contributed by atoms with Crippen molar-refractivity contribution in [1.29, 1.82) is 0 Å². The van der Waals surface area contributed by atoms with E-state index in [2.05, 4.69) is 5.32 Å². The topological polar surface area (TPSA) is 102 Å². The van der Waals surface area contributed by atoms with Crippen molar-refractivity contribution in [2.45, 2.75) is 6.18 Å². The molecular formula is C23H13ClF3N3O5. The van der Waals surface area contributed by atoms with Gasteiger partial charge < -0.3 is 10.1 Å². The highest BCUT2D eigenvalue weighted by molar-refractivity contribution is 6.32. The van der Waals surface area contributed by atoms with Gasteiger partial charge in [-0.05, 0) is 54.1 Å². The molecule has 1 N–H and O–H groups in total. The van der Waals surface area contributed by atoms with Crippen molar-refractivity contribution < 1.29 is 32.4 Å². The van der Waals surface area contributed by atoms with Gasteiger partial charge in [0, 0.05) is 11.1 Å². The lowest BCUT2D eigenvalue weighted by molar-refractivity contribution is -0.385. The number of amides is 3. The van der Waals surface area contributed by atoms with Crippen molar-refractivity contribution in [2.24, 2.45) is 0 Å². The van der Waals surface area contributed by atoms with Gasteiger partial charge in [0.2, 0.25) is 5.75 Å². The maximum absolute atomic E-state index is 12.9. The minimum absolute atomic E-state index is 0.00187. The van der Waals surface area contributed by atoms with Crippen LogP contribution in [0.15, 0.2) is 72.4 Å². The highest BCUT2D eigenvalue weighted by atomic mass is 35.5. The molecule has 12 heteroatoms. The van der Waals surface area contributed by atoms with E-state index in [9.17, 15) is 32.9 Å². The van der Waals surface area contributed by atoms with Crippen LogP contribution in [0, 0.1) is 10.1 Å². The molecule has 0 unspecified atom stereocenters. The van der Waals surface area contributed by atoms with Gasteiger partial charge in [0.25, 0.3) is 5.91 Å². The molecular weight excluding hydrogens is 491 g/mol. The van der Waals surface area contributed by atoms with Gasteiger partial charge >= 0.3 is 17.9 Å². The van der Waals surface area contributed by atoms with Crippen molar-refractivity contribution >= 4 is 41.0 Å². The van der Waals surface area contributed by atoms with Crippen LogP contribution in [-0.4, -0.2) is 16.9 Å². The number of ether oxygens (including phenoxy) is 1. The number of imide groups is 1. The maximum Gasteiger partial charge on any atom is 0.416 e. The monoisotopic (exact) mass is 503 g/mol. The summed E-state index contributed by atoms with van der Waals surface area (Å²) in [6.07, 6.45) is -3.33. The fourth-order valence-corrected chi connectivity index (χ4v) is 3.42. The van der Waals surface area contributed by atoms with Crippen LogP contribution in [0.3, 0.4) is 0 Å². The summed E-state index contributed by atoms with van der Waals surface area (Å²) >= 11 is 5.93. The number of alkyl halides is 3. The zero-order valence-corrected chi connectivity index (χ0v) is 18.1. The number of halogens is 4. The van der Waals surface area contributed by atoms with Gasteiger partial charge in [-0.2, -0.15) is 13.2 Å². The molecule has 0 saturated carbocycles. The molecule has 0 aliphatic carbocycles. The average molecular weight is 504 g/mol. The number of rotatable bonds is 5. The van der Waals surface area contributed by atoms with E-state index in [1.165, 1.54) is 36.4 Å². The summed E-state index contributed by atoms with van der Waals surface area (Å²) in [6, 6.07) is 13.3.